The highest BCUT2D eigenvalue weighted by atomic mass is 19.1. The summed E-state index contributed by atoms with van der Waals surface area (Å²) in [5.41, 5.74) is -1.40. The molecule has 130 valence electrons. The van der Waals surface area contributed by atoms with Crippen LogP contribution in [0.3, 0.4) is 0 Å². The second-order valence-corrected chi connectivity index (χ2v) is 5.35. The van der Waals surface area contributed by atoms with Gasteiger partial charge in [0.25, 0.3) is 5.69 Å². The minimum atomic E-state index is -1.31. The summed E-state index contributed by atoms with van der Waals surface area (Å²) in [5, 5.41) is 12.9. The first kappa shape index (κ1) is 17.6. The lowest BCUT2D eigenvalue weighted by Crippen LogP contribution is -2.25. The average Bonchev–Trinajstić information content (AvgIpc) is 2.58. The molecule has 1 aromatic carbocycles. The number of nitro benzene ring substituents is 1. The van der Waals surface area contributed by atoms with Crippen LogP contribution in [-0.4, -0.2) is 30.0 Å². The summed E-state index contributed by atoms with van der Waals surface area (Å²) in [5.74, 6) is -3.89. The van der Waals surface area contributed by atoms with E-state index in [1.807, 2.05) is 5.32 Å². The predicted molar refractivity (Wildman–Crippen MR) is 81.2 cm³/mol. The number of rotatable bonds is 4. The molecule has 0 aliphatic heterocycles. The van der Waals surface area contributed by atoms with Gasteiger partial charge in [-0.1, -0.05) is 6.42 Å². The van der Waals surface area contributed by atoms with Gasteiger partial charge in [-0.05, 0) is 31.7 Å². The Morgan fingerprint density at radius 3 is 2.54 bits per heavy atom. The van der Waals surface area contributed by atoms with Crippen molar-refractivity contribution >= 4 is 23.3 Å². The maximum Gasteiger partial charge on any atom is 0.396 e. The topological polar surface area (TPSA) is 108 Å². The lowest BCUT2D eigenvalue weighted by atomic mass is 9.98. The van der Waals surface area contributed by atoms with Crippen molar-refractivity contribution in [1.29, 1.82) is 0 Å². The van der Waals surface area contributed by atoms with Crippen molar-refractivity contribution in [2.24, 2.45) is 0 Å². The second kappa shape index (κ2) is 7.71. The molecule has 1 aliphatic carbocycles. The molecular formula is C15H17FN2O6. The van der Waals surface area contributed by atoms with Crippen molar-refractivity contribution in [3.8, 4) is 5.75 Å². The summed E-state index contributed by atoms with van der Waals surface area (Å²) in [6.07, 6.45) is 4.36. The van der Waals surface area contributed by atoms with Crippen molar-refractivity contribution in [1.82, 2.24) is 0 Å². The minimum Gasteiger partial charge on any atom is -0.487 e. The Hall–Kier alpha value is -2.71. The largest absolute Gasteiger partial charge is 0.487 e. The summed E-state index contributed by atoms with van der Waals surface area (Å²) in [6, 6.07) is 2.17. The molecule has 1 amide bonds. The van der Waals surface area contributed by atoms with Crippen LogP contribution in [0, 0.1) is 15.9 Å². The lowest BCUT2D eigenvalue weighted by molar-refractivity contribution is -0.384. The van der Waals surface area contributed by atoms with E-state index in [1.54, 1.807) is 0 Å². The van der Waals surface area contributed by atoms with Crippen molar-refractivity contribution in [3.05, 3.63) is 28.1 Å². The number of nitrogens with one attached hydrogen (secondary N) is 1. The van der Waals surface area contributed by atoms with Crippen LogP contribution in [0.25, 0.3) is 0 Å². The third kappa shape index (κ3) is 3.98. The van der Waals surface area contributed by atoms with E-state index in [0.717, 1.165) is 51.3 Å². The quantitative estimate of drug-likeness (QED) is 0.390. The van der Waals surface area contributed by atoms with Gasteiger partial charge in [-0.25, -0.2) is 9.18 Å². The number of nitro groups is 1. The van der Waals surface area contributed by atoms with Crippen LogP contribution in [0.15, 0.2) is 12.1 Å². The van der Waals surface area contributed by atoms with Crippen molar-refractivity contribution in [2.75, 3.05) is 12.4 Å². The molecule has 8 nitrogen and oxygen atoms in total. The summed E-state index contributed by atoms with van der Waals surface area (Å²) in [4.78, 5) is 32.9. The van der Waals surface area contributed by atoms with Crippen LogP contribution in [0.2, 0.25) is 0 Å². The molecule has 0 spiro atoms. The van der Waals surface area contributed by atoms with Gasteiger partial charge in [0, 0.05) is 6.07 Å². The molecule has 24 heavy (non-hydrogen) atoms. The van der Waals surface area contributed by atoms with Crippen LogP contribution in [0.1, 0.15) is 32.1 Å². The van der Waals surface area contributed by atoms with E-state index < -0.39 is 34.0 Å². The van der Waals surface area contributed by atoms with Crippen LogP contribution < -0.4 is 10.1 Å². The number of nitrogens with zero attached hydrogens (tertiary/aromatic N) is 1. The molecule has 0 radical (unpaired) electrons. The smallest absolute Gasteiger partial charge is 0.396 e. The zero-order valence-corrected chi connectivity index (χ0v) is 13.0. The van der Waals surface area contributed by atoms with Crippen molar-refractivity contribution in [2.45, 2.75) is 38.2 Å². The zero-order valence-electron chi connectivity index (χ0n) is 13.0. The Morgan fingerprint density at radius 2 is 1.96 bits per heavy atom. The first-order chi connectivity index (χ1) is 11.4. The number of anilines is 1. The highest BCUT2D eigenvalue weighted by molar-refractivity contribution is 6.37. The van der Waals surface area contributed by atoms with Crippen LogP contribution in [0.5, 0.6) is 5.75 Å². The van der Waals surface area contributed by atoms with Crippen LogP contribution >= 0.6 is 0 Å². The number of methoxy groups -OCH3 is 1. The Bertz CT molecular complexity index is 658. The number of esters is 1. The molecule has 1 aliphatic rings. The number of hydrogen-bond acceptors (Lipinski definition) is 6. The van der Waals surface area contributed by atoms with Gasteiger partial charge in [-0.3, -0.25) is 14.9 Å². The maximum absolute atomic E-state index is 14.6. The van der Waals surface area contributed by atoms with E-state index in [4.69, 9.17) is 4.74 Å². The average molecular weight is 340 g/mol. The van der Waals surface area contributed by atoms with Crippen LogP contribution in [-0.2, 0) is 14.3 Å². The van der Waals surface area contributed by atoms with E-state index in [1.165, 1.54) is 0 Å². The number of carbonyl (C=O) groups is 2. The number of halogens is 1. The number of hydrogen-bond donors (Lipinski definition) is 1. The minimum absolute atomic E-state index is 0.182. The highest BCUT2D eigenvalue weighted by Gasteiger charge is 2.27. The molecule has 9 heteroatoms. The molecule has 1 aromatic rings. The first-order valence-electron chi connectivity index (χ1n) is 7.47. The molecule has 0 saturated heterocycles. The van der Waals surface area contributed by atoms with Gasteiger partial charge in [0.2, 0.25) is 0 Å². The molecule has 0 heterocycles. The Kier molecular flexibility index (Phi) is 5.67. The first-order valence-corrected chi connectivity index (χ1v) is 7.47. The SMILES string of the molecule is COC(=O)C(=O)Nc1c([N+](=O)[O-])ccc(OC2CCCCC2)c1F. The standard InChI is InChI=1S/C15H17FN2O6/c1-23-15(20)14(19)17-13-10(18(21)22)7-8-11(12(13)16)24-9-5-3-2-4-6-9/h7-9H,2-6H2,1H3,(H,17,19). The zero-order chi connectivity index (χ0) is 17.7. The second-order valence-electron chi connectivity index (χ2n) is 5.35. The van der Waals surface area contributed by atoms with Gasteiger partial charge in [0.05, 0.1) is 18.1 Å². The molecule has 1 N–H and O–H groups in total. The van der Waals surface area contributed by atoms with Gasteiger partial charge < -0.3 is 14.8 Å². The van der Waals surface area contributed by atoms with E-state index in [-0.39, 0.29) is 11.9 Å². The summed E-state index contributed by atoms with van der Waals surface area (Å²) < 4.78 is 24.3. The molecule has 0 aromatic heterocycles. The van der Waals surface area contributed by atoms with Gasteiger partial charge in [0.15, 0.2) is 17.3 Å². The van der Waals surface area contributed by atoms with E-state index in [0.29, 0.717) is 0 Å². The Morgan fingerprint density at radius 1 is 1.29 bits per heavy atom. The van der Waals surface area contributed by atoms with Gasteiger partial charge in [-0.2, -0.15) is 0 Å². The van der Waals surface area contributed by atoms with Crippen LogP contribution in [0.4, 0.5) is 15.8 Å². The van der Waals surface area contributed by atoms with E-state index in [9.17, 15) is 24.1 Å². The molecule has 0 atom stereocenters. The monoisotopic (exact) mass is 340 g/mol. The Balaban J connectivity index is 2.30. The van der Waals surface area contributed by atoms with E-state index >= 15 is 0 Å². The van der Waals surface area contributed by atoms with E-state index in [2.05, 4.69) is 4.74 Å². The fourth-order valence-electron chi connectivity index (χ4n) is 2.53. The predicted octanol–water partition coefficient (Wildman–Crippen LogP) is 2.56. The molecule has 1 saturated carbocycles. The highest BCUT2D eigenvalue weighted by Crippen LogP contribution is 2.35. The number of ether oxygens (including phenoxy) is 2. The molecular weight excluding hydrogens is 323 g/mol. The van der Waals surface area contributed by atoms with Gasteiger partial charge >= 0.3 is 11.9 Å². The fourth-order valence-corrected chi connectivity index (χ4v) is 2.53. The maximum atomic E-state index is 14.6. The molecule has 0 unspecified atom stereocenters. The molecule has 2 rings (SSSR count). The van der Waals surface area contributed by atoms with Crippen molar-refractivity contribution in [3.63, 3.8) is 0 Å². The third-order valence-corrected chi connectivity index (χ3v) is 3.74. The normalized spacial score (nSPS) is 14.8. The third-order valence-electron chi connectivity index (χ3n) is 3.74. The lowest BCUT2D eigenvalue weighted by Gasteiger charge is -2.23. The Labute approximate surface area is 137 Å². The summed E-state index contributed by atoms with van der Waals surface area (Å²) in [6.45, 7) is 0. The van der Waals surface area contributed by atoms with Gasteiger partial charge in [0.1, 0.15) is 0 Å². The molecule has 0 bridgehead atoms. The number of amides is 1. The fraction of sp³-hybridized carbons (Fsp3) is 0.467. The van der Waals surface area contributed by atoms with Gasteiger partial charge in [-0.15, -0.1) is 0 Å². The summed E-state index contributed by atoms with van der Waals surface area (Å²) in [7, 11) is 0.968. The molecule has 1 fully saturated rings. The number of benzene rings is 1. The van der Waals surface area contributed by atoms with Crippen molar-refractivity contribution < 1.29 is 28.4 Å². The number of carbonyl (C=O) groups excluding carboxylic acids is 2. The summed E-state index contributed by atoms with van der Waals surface area (Å²) >= 11 is 0.